The van der Waals surface area contributed by atoms with Crippen molar-refractivity contribution in [1.82, 2.24) is 9.88 Å². The van der Waals surface area contributed by atoms with E-state index in [0.29, 0.717) is 13.0 Å². The Morgan fingerprint density at radius 2 is 1.81 bits per heavy atom. The van der Waals surface area contributed by atoms with Crippen molar-refractivity contribution in [3.8, 4) is 0 Å². The summed E-state index contributed by atoms with van der Waals surface area (Å²) in [5.74, 6) is 0.0893. The van der Waals surface area contributed by atoms with Gasteiger partial charge in [-0.1, -0.05) is 47.7 Å². The Hall–Kier alpha value is -2.24. The molecule has 0 aliphatic heterocycles. The van der Waals surface area contributed by atoms with E-state index in [9.17, 15) is 4.79 Å². The number of fused-ring (bicyclic) bond motifs is 1. The van der Waals surface area contributed by atoms with Gasteiger partial charge in [0.05, 0.1) is 16.6 Å². The molecule has 0 aliphatic rings. The maximum absolute atomic E-state index is 13.0. The number of rotatable bonds is 6. The van der Waals surface area contributed by atoms with Crippen LogP contribution in [0.2, 0.25) is 0 Å². The van der Waals surface area contributed by atoms with Gasteiger partial charge in [-0.25, -0.2) is 4.98 Å². The van der Waals surface area contributed by atoms with Gasteiger partial charge in [0.1, 0.15) is 0 Å². The molecule has 26 heavy (non-hydrogen) atoms. The molecule has 1 amide bonds. The van der Waals surface area contributed by atoms with Crippen LogP contribution in [0.3, 0.4) is 0 Å². The number of aryl methyl sites for hydroxylation is 2. The molecule has 2 aromatic carbocycles. The van der Waals surface area contributed by atoms with E-state index in [2.05, 4.69) is 30.9 Å². The highest BCUT2D eigenvalue weighted by Gasteiger charge is 2.20. The summed E-state index contributed by atoms with van der Waals surface area (Å²) < 4.78 is 1.14. The first-order valence-electron chi connectivity index (χ1n) is 8.81. The average Bonchev–Trinajstić information content (AvgIpc) is 2.99. The Labute approximate surface area is 159 Å². The van der Waals surface area contributed by atoms with Gasteiger partial charge in [-0.3, -0.25) is 9.69 Å². The van der Waals surface area contributed by atoms with Gasteiger partial charge in [0.2, 0.25) is 5.91 Å². The van der Waals surface area contributed by atoms with Gasteiger partial charge in [-0.2, -0.15) is 0 Å². The third kappa shape index (κ3) is 4.29. The number of anilines is 1. The molecule has 0 bridgehead atoms. The van der Waals surface area contributed by atoms with Crippen LogP contribution < -0.4 is 4.90 Å². The summed E-state index contributed by atoms with van der Waals surface area (Å²) >= 11 is 1.60. The highest BCUT2D eigenvalue weighted by molar-refractivity contribution is 7.22. The van der Waals surface area contributed by atoms with E-state index in [-0.39, 0.29) is 5.91 Å². The number of likely N-dealkylation sites (N-methyl/N-ethyl adjacent to an activating group) is 1. The number of amides is 1. The lowest BCUT2D eigenvalue weighted by molar-refractivity contribution is -0.118. The molecule has 0 unspecified atom stereocenters. The van der Waals surface area contributed by atoms with Crippen LogP contribution >= 0.6 is 11.3 Å². The van der Waals surface area contributed by atoms with Crippen molar-refractivity contribution in [2.45, 2.75) is 20.3 Å². The van der Waals surface area contributed by atoms with E-state index in [1.54, 1.807) is 11.3 Å². The SMILES string of the molecule is Cc1cc(C)c2nc(N(CCN(C)C)C(=O)Cc3ccccc3)sc2c1. The molecule has 4 nitrogen and oxygen atoms in total. The standard InChI is InChI=1S/C21H25N3OS/c1-15-12-16(2)20-18(13-15)26-21(22-20)24(11-10-23(3)4)19(25)14-17-8-6-5-7-9-17/h5-9,12-13H,10-11,14H2,1-4H3. The number of hydrogen-bond acceptors (Lipinski definition) is 4. The molecule has 3 aromatic rings. The average molecular weight is 368 g/mol. The number of hydrogen-bond donors (Lipinski definition) is 0. The van der Waals surface area contributed by atoms with Crippen LogP contribution in [0.15, 0.2) is 42.5 Å². The number of thiazole rings is 1. The largest absolute Gasteiger partial charge is 0.308 e. The fourth-order valence-electron chi connectivity index (χ4n) is 2.97. The summed E-state index contributed by atoms with van der Waals surface area (Å²) in [6.45, 7) is 5.61. The van der Waals surface area contributed by atoms with Crippen molar-refractivity contribution in [3.63, 3.8) is 0 Å². The van der Waals surface area contributed by atoms with Crippen LogP contribution in [0.5, 0.6) is 0 Å². The van der Waals surface area contributed by atoms with Gasteiger partial charge in [-0.05, 0) is 50.7 Å². The zero-order valence-electron chi connectivity index (χ0n) is 15.8. The van der Waals surface area contributed by atoms with Gasteiger partial charge >= 0.3 is 0 Å². The van der Waals surface area contributed by atoms with E-state index in [1.807, 2.05) is 49.3 Å². The summed E-state index contributed by atoms with van der Waals surface area (Å²) in [7, 11) is 4.04. The van der Waals surface area contributed by atoms with Crippen LogP contribution in [0.1, 0.15) is 16.7 Å². The zero-order chi connectivity index (χ0) is 18.7. The molecule has 0 aliphatic carbocycles. The molecule has 0 saturated carbocycles. The lowest BCUT2D eigenvalue weighted by Gasteiger charge is -2.22. The van der Waals surface area contributed by atoms with Crippen molar-refractivity contribution in [2.75, 3.05) is 32.1 Å². The van der Waals surface area contributed by atoms with E-state index in [1.165, 1.54) is 5.56 Å². The van der Waals surface area contributed by atoms with E-state index in [4.69, 9.17) is 4.98 Å². The summed E-state index contributed by atoms with van der Waals surface area (Å²) in [6.07, 6.45) is 0.391. The quantitative estimate of drug-likeness (QED) is 0.659. The van der Waals surface area contributed by atoms with Crippen molar-refractivity contribution in [2.24, 2.45) is 0 Å². The minimum absolute atomic E-state index is 0.0893. The number of benzene rings is 2. The van der Waals surface area contributed by atoms with Crippen molar-refractivity contribution in [3.05, 3.63) is 59.2 Å². The second kappa shape index (κ2) is 7.98. The van der Waals surface area contributed by atoms with Gasteiger partial charge < -0.3 is 4.90 Å². The molecule has 0 fully saturated rings. The first kappa shape index (κ1) is 18.5. The van der Waals surface area contributed by atoms with Crippen molar-refractivity contribution >= 4 is 32.6 Å². The van der Waals surface area contributed by atoms with Crippen LogP contribution in [0, 0.1) is 13.8 Å². The van der Waals surface area contributed by atoms with E-state index >= 15 is 0 Å². The van der Waals surface area contributed by atoms with Gasteiger partial charge in [-0.15, -0.1) is 0 Å². The third-order valence-corrected chi connectivity index (χ3v) is 5.34. The Morgan fingerprint density at radius 1 is 1.08 bits per heavy atom. The first-order valence-corrected chi connectivity index (χ1v) is 9.62. The third-order valence-electron chi connectivity index (χ3n) is 4.32. The highest BCUT2D eigenvalue weighted by Crippen LogP contribution is 2.32. The molecule has 3 rings (SSSR count). The molecular formula is C21H25N3OS. The normalized spacial score (nSPS) is 11.3. The minimum Gasteiger partial charge on any atom is -0.308 e. The van der Waals surface area contributed by atoms with Crippen LogP contribution in [-0.4, -0.2) is 43.0 Å². The van der Waals surface area contributed by atoms with Gasteiger partial charge in [0.25, 0.3) is 0 Å². The zero-order valence-corrected chi connectivity index (χ0v) is 16.6. The van der Waals surface area contributed by atoms with E-state index < -0.39 is 0 Å². The van der Waals surface area contributed by atoms with E-state index in [0.717, 1.165) is 33.0 Å². The van der Waals surface area contributed by atoms with Crippen LogP contribution in [-0.2, 0) is 11.2 Å². The molecule has 1 aromatic heterocycles. The topological polar surface area (TPSA) is 36.4 Å². The summed E-state index contributed by atoms with van der Waals surface area (Å²) in [5.41, 5.74) is 4.41. The molecule has 0 N–H and O–H groups in total. The predicted octanol–water partition coefficient (Wildman–Crippen LogP) is 4.05. The Bertz CT molecular complexity index is 902. The van der Waals surface area contributed by atoms with Crippen LogP contribution in [0.25, 0.3) is 10.2 Å². The van der Waals surface area contributed by atoms with Crippen LogP contribution in [0.4, 0.5) is 5.13 Å². The molecule has 1 heterocycles. The summed E-state index contributed by atoms with van der Waals surface area (Å²) in [6, 6.07) is 14.2. The number of aromatic nitrogens is 1. The Kier molecular flexibility index (Phi) is 5.69. The molecular weight excluding hydrogens is 342 g/mol. The fourth-order valence-corrected chi connectivity index (χ4v) is 4.15. The minimum atomic E-state index is 0.0893. The molecule has 0 radical (unpaired) electrons. The van der Waals surface area contributed by atoms with Gasteiger partial charge in [0, 0.05) is 13.1 Å². The summed E-state index contributed by atoms with van der Waals surface area (Å²) in [4.78, 5) is 21.8. The molecule has 136 valence electrons. The Balaban J connectivity index is 1.92. The van der Waals surface area contributed by atoms with Crippen molar-refractivity contribution < 1.29 is 4.79 Å². The number of nitrogens with zero attached hydrogens (tertiary/aromatic N) is 3. The lowest BCUT2D eigenvalue weighted by Crippen LogP contribution is -2.37. The molecule has 5 heteroatoms. The second-order valence-corrected chi connectivity index (χ2v) is 7.95. The maximum Gasteiger partial charge on any atom is 0.233 e. The number of carbonyl (C=O) groups excluding carboxylic acids is 1. The fraction of sp³-hybridized carbons (Fsp3) is 0.333. The molecule has 0 saturated heterocycles. The van der Waals surface area contributed by atoms with Gasteiger partial charge in [0.15, 0.2) is 5.13 Å². The number of carbonyl (C=O) groups is 1. The maximum atomic E-state index is 13.0. The Morgan fingerprint density at radius 3 is 2.50 bits per heavy atom. The lowest BCUT2D eigenvalue weighted by atomic mass is 10.1. The molecule has 0 spiro atoms. The summed E-state index contributed by atoms with van der Waals surface area (Å²) in [5, 5.41) is 0.788. The highest BCUT2D eigenvalue weighted by atomic mass is 32.1. The molecule has 0 atom stereocenters. The second-order valence-electron chi connectivity index (χ2n) is 6.94. The monoisotopic (exact) mass is 367 g/mol. The predicted molar refractivity (Wildman–Crippen MR) is 110 cm³/mol. The smallest absolute Gasteiger partial charge is 0.233 e. The van der Waals surface area contributed by atoms with Crippen molar-refractivity contribution in [1.29, 1.82) is 0 Å². The first-order chi connectivity index (χ1) is 12.4.